The Labute approximate surface area is 218 Å². The highest BCUT2D eigenvalue weighted by molar-refractivity contribution is 6.28. The van der Waals surface area contributed by atoms with Crippen molar-refractivity contribution >= 4 is 17.4 Å². The minimum Gasteiger partial charge on any atom is -0.491 e. The number of halogens is 4. The molecule has 0 aliphatic rings. The molecule has 10 nitrogen and oxygen atoms in total. The molecule has 200 valence electrons. The van der Waals surface area contributed by atoms with Gasteiger partial charge in [-0.15, -0.1) is 13.2 Å². The van der Waals surface area contributed by atoms with Gasteiger partial charge in [0, 0.05) is 18.5 Å². The lowest BCUT2D eigenvalue weighted by molar-refractivity contribution is -0.389. The van der Waals surface area contributed by atoms with Gasteiger partial charge in [0.1, 0.15) is 36.3 Å². The molecule has 2 aromatic heterocycles. The maximum absolute atomic E-state index is 12.3. The van der Waals surface area contributed by atoms with Crippen molar-refractivity contribution in [3.8, 4) is 22.8 Å². The number of aryl methyl sites for hydroxylation is 1. The van der Waals surface area contributed by atoms with Crippen LogP contribution in [0.3, 0.4) is 0 Å². The van der Waals surface area contributed by atoms with Gasteiger partial charge in [0.2, 0.25) is 0 Å². The number of alkyl halides is 3. The minimum absolute atomic E-state index is 0.00363. The molecule has 1 atom stereocenters. The molecule has 0 bridgehead atoms. The predicted octanol–water partition coefficient (Wildman–Crippen LogP) is 5.42. The summed E-state index contributed by atoms with van der Waals surface area (Å²) in [6.45, 7) is 0.233. The van der Waals surface area contributed by atoms with E-state index in [1.54, 1.807) is 24.3 Å². The molecule has 2 aromatic carbocycles. The highest BCUT2D eigenvalue weighted by Crippen LogP contribution is 2.27. The van der Waals surface area contributed by atoms with Crippen molar-refractivity contribution in [2.24, 2.45) is 0 Å². The van der Waals surface area contributed by atoms with Crippen molar-refractivity contribution < 1.29 is 37.1 Å². The van der Waals surface area contributed by atoms with Gasteiger partial charge in [-0.1, -0.05) is 12.1 Å². The molecular formula is C24H20ClF3N4O6. The molecule has 2 heterocycles. The number of imidazole rings is 1. The van der Waals surface area contributed by atoms with Gasteiger partial charge in [0.15, 0.2) is 5.89 Å². The zero-order valence-electron chi connectivity index (χ0n) is 19.5. The number of nitrogens with zero attached hydrogens (tertiary/aromatic N) is 4. The molecule has 0 fully saturated rings. The van der Waals surface area contributed by atoms with Crippen LogP contribution in [0.15, 0.2) is 65.4 Å². The Bertz CT molecular complexity index is 1370. The van der Waals surface area contributed by atoms with E-state index in [-0.39, 0.29) is 36.4 Å². The number of aromatic nitrogens is 3. The number of hydrogen-bond acceptors (Lipinski definition) is 8. The molecule has 38 heavy (non-hydrogen) atoms. The number of oxazole rings is 1. The van der Waals surface area contributed by atoms with Gasteiger partial charge in [0.25, 0.3) is 0 Å². The number of ether oxygens (including phenoxy) is 2. The van der Waals surface area contributed by atoms with Crippen molar-refractivity contribution in [1.82, 2.24) is 14.5 Å². The minimum atomic E-state index is -4.76. The number of benzene rings is 2. The lowest BCUT2D eigenvalue weighted by Crippen LogP contribution is -2.19. The number of hydrogen-bond donors (Lipinski definition) is 1. The fourth-order valence-corrected chi connectivity index (χ4v) is 3.64. The van der Waals surface area contributed by atoms with Crippen molar-refractivity contribution in [2.75, 3.05) is 6.61 Å². The van der Waals surface area contributed by atoms with Crippen LogP contribution >= 0.6 is 11.6 Å². The van der Waals surface area contributed by atoms with E-state index in [0.717, 1.165) is 5.56 Å². The molecule has 0 aliphatic carbocycles. The van der Waals surface area contributed by atoms with Gasteiger partial charge < -0.3 is 29.1 Å². The Morgan fingerprint density at radius 3 is 2.42 bits per heavy atom. The third-order valence-corrected chi connectivity index (χ3v) is 5.56. The number of aliphatic hydroxyl groups is 1. The van der Waals surface area contributed by atoms with Crippen LogP contribution in [0.5, 0.6) is 11.5 Å². The second-order valence-corrected chi connectivity index (χ2v) is 8.43. The molecule has 4 rings (SSSR count). The van der Waals surface area contributed by atoms with E-state index in [9.17, 15) is 28.4 Å². The summed E-state index contributed by atoms with van der Waals surface area (Å²) in [6, 6.07) is 12.4. The SMILES string of the molecule is O=[N+]([O-])c1cn(CCC(O)COc2ccc(Cc3nc(-c4ccc(OC(F)(F)F)cc4)co3)cc2)c(Cl)n1. The first-order valence-corrected chi connectivity index (χ1v) is 11.5. The molecule has 0 saturated carbocycles. The zero-order valence-corrected chi connectivity index (χ0v) is 20.2. The fourth-order valence-electron chi connectivity index (χ4n) is 3.42. The lowest BCUT2D eigenvalue weighted by atomic mass is 10.1. The lowest BCUT2D eigenvalue weighted by Gasteiger charge is -2.12. The summed E-state index contributed by atoms with van der Waals surface area (Å²) in [5.41, 5.74) is 1.92. The summed E-state index contributed by atoms with van der Waals surface area (Å²) < 4.78 is 53.3. The zero-order chi connectivity index (χ0) is 27.3. The standard InChI is InChI=1S/C24H20ClF3N4O6/c25-23-30-21(32(34)35)12-31(23)10-9-17(33)13-36-18-5-1-15(2-6-18)11-22-29-20(14-37-22)16-3-7-19(8-4-16)38-24(26,27)28/h1-8,12,14,17,33H,9-11,13H2. The molecule has 0 spiro atoms. The van der Waals surface area contributed by atoms with Crippen LogP contribution in [0.2, 0.25) is 5.28 Å². The predicted molar refractivity (Wildman–Crippen MR) is 128 cm³/mol. The smallest absolute Gasteiger partial charge is 0.491 e. The average Bonchev–Trinajstić information content (AvgIpc) is 3.48. The van der Waals surface area contributed by atoms with E-state index in [1.165, 1.54) is 41.3 Å². The molecule has 1 N–H and O–H groups in total. The highest BCUT2D eigenvalue weighted by Gasteiger charge is 2.31. The van der Waals surface area contributed by atoms with Gasteiger partial charge in [-0.05, 0) is 69.9 Å². The van der Waals surface area contributed by atoms with Gasteiger partial charge in [-0.25, -0.2) is 4.98 Å². The quantitative estimate of drug-likeness (QED) is 0.193. The van der Waals surface area contributed by atoms with Crippen molar-refractivity contribution in [2.45, 2.75) is 31.9 Å². The average molecular weight is 553 g/mol. The van der Waals surface area contributed by atoms with Crippen LogP contribution in [0, 0.1) is 10.1 Å². The highest BCUT2D eigenvalue weighted by atomic mass is 35.5. The maximum Gasteiger partial charge on any atom is 0.573 e. The Morgan fingerprint density at radius 2 is 1.79 bits per heavy atom. The maximum atomic E-state index is 12.3. The Kier molecular flexibility index (Phi) is 8.17. The topological polar surface area (TPSA) is 126 Å². The number of rotatable bonds is 11. The van der Waals surface area contributed by atoms with Gasteiger partial charge in [-0.3, -0.25) is 4.57 Å². The first-order chi connectivity index (χ1) is 18.1. The van der Waals surface area contributed by atoms with E-state index in [4.69, 9.17) is 20.8 Å². The van der Waals surface area contributed by atoms with Gasteiger partial charge in [0.05, 0.1) is 6.10 Å². The first kappa shape index (κ1) is 26.9. The molecule has 0 aliphatic heterocycles. The third-order valence-electron chi connectivity index (χ3n) is 5.26. The third kappa shape index (κ3) is 7.46. The van der Waals surface area contributed by atoms with E-state index >= 15 is 0 Å². The second kappa shape index (κ2) is 11.5. The van der Waals surface area contributed by atoms with Crippen LogP contribution in [0.4, 0.5) is 19.0 Å². The van der Waals surface area contributed by atoms with E-state index < -0.39 is 17.4 Å². The summed E-state index contributed by atoms with van der Waals surface area (Å²) in [4.78, 5) is 18.1. The summed E-state index contributed by atoms with van der Waals surface area (Å²) >= 11 is 5.86. The summed E-state index contributed by atoms with van der Waals surface area (Å²) in [7, 11) is 0. The summed E-state index contributed by atoms with van der Waals surface area (Å²) in [5, 5.41) is 20.9. The van der Waals surface area contributed by atoms with Crippen LogP contribution in [0.25, 0.3) is 11.3 Å². The van der Waals surface area contributed by atoms with Gasteiger partial charge >= 0.3 is 17.5 Å². The van der Waals surface area contributed by atoms with Crippen molar-refractivity contribution in [3.05, 3.63) is 87.8 Å². The second-order valence-electron chi connectivity index (χ2n) is 8.09. The largest absolute Gasteiger partial charge is 0.573 e. The Morgan fingerprint density at radius 1 is 1.11 bits per heavy atom. The molecular weight excluding hydrogens is 533 g/mol. The Balaban J connectivity index is 1.25. The molecule has 0 radical (unpaired) electrons. The normalized spacial score (nSPS) is 12.3. The molecule has 0 amide bonds. The molecule has 1 unspecified atom stereocenters. The van der Waals surface area contributed by atoms with Crippen LogP contribution in [-0.4, -0.2) is 43.6 Å². The molecule has 0 saturated heterocycles. The first-order valence-electron chi connectivity index (χ1n) is 11.1. The summed E-state index contributed by atoms with van der Waals surface area (Å²) in [5.74, 6) is 0.251. The van der Waals surface area contributed by atoms with Crippen molar-refractivity contribution in [3.63, 3.8) is 0 Å². The van der Waals surface area contributed by atoms with Crippen molar-refractivity contribution in [1.29, 1.82) is 0 Å². The van der Waals surface area contributed by atoms with Crippen LogP contribution in [0.1, 0.15) is 17.9 Å². The molecule has 14 heteroatoms. The van der Waals surface area contributed by atoms with E-state index in [1.807, 2.05) is 0 Å². The molecule has 4 aromatic rings. The van der Waals surface area contributed by atoms with Gasteiger partial charge in [-0.2, -0.15) is 0 Å². The number of nitro groups is 1. The number of aliphatic hydroxyl groups excluding tert-OH is 1. The monoisotopic (exact) mass is 552 g/mol. The van der Waals surface area contributed by atoms with Crippen LogP contribution < -0.4 is 9.47 Å². The van der Waals surface area contributed by atoms with E-state index in [0.29, 0.717) is 29.3 Å². The van der Waals surface area contributed by atoms with Crippen LogP contribution in [-0.2, 0) is 13.0 Å². The summed E-state index contributed by atoms with van der Waals surface area (Å²) in [6.07, 6.45) is -2.36. The van der Waals surface area contributed by atoms with E-state index in [2.05, 4.69) is 14.7 Å². The fraction of sp³-hybridized carbons (Fsp3) is 0.250. The Hall–Kier alpha value is -4.10.